The van der Waals surface area contributed by atoms with E-state index in [2.05, 4.69) is 5.10 Å². The van der Waals surface area contributed by atoms with Crippen molar-refractivity contribution in [2.75, 3.05) is 12.0 Å². The molecule has 0 aliphatic carbocycles. The summed E-state index contributed by atoms with van der Waals surface area (Å²) >= 11 is 1.51. The Morgan fingerprint density at radius 1 is 1.69 bits per heavy atom. The third kappa shape index (κ3) is 3.09. The number of nitro groups is 1. The van der Waals surface area contributed by atoms with Gasteiger partial charge in [-0.15, -0.1) is 0 Å². The van der Waals surface area contributed by atoms with Gasteiger partial charge in [-0.1, -0.05) is 0 Å². The highest BCUT2D eigenvalue weighted by atomic mass is 35.7. The molecule has 0 radical (unpaired) electrons. The number of aryl methyl sites for hydroxylation is 1. The molecule has 1 rings (SSSR count). The van der Waals surface area contributed by atoms with Gasteiger partial charge in [0.15, 0.2) is 0 Å². The fourth-order valence-electron chi connectivity index (χ4n) is 0.991. The van der Waals surface area contributed by atoms with E-state index >= 15 is 0 Å². The number of hydrogen-bond donors (Lipinski definition) is 0. The van der Waals surface area contributed by atoms with Crippen LogP contribution < -0.4 is 0 Å². The van der Waals surface area contributed by atoms with Gasteiger partial charge in [0.05, 0.1) is 17.8 Å². The molecule has 90 valence electrons. The van der Waals surface area contributed by atoms with Crippen molar-refractivity contribution in [3.8, 4) is 0 Å². The third-order valence-electron chi connectivity index (χ3n) is 1.67. The Labute approximate surface area is 100 Å². The largest absolute Gasteiger partial charge is 0.410 e. The number of rotatable bonds is 5. The minimum atomic E-state index is -4.14. The lowest BCUT2D eigenvalue weighted by Crippen LogP contribution is -2.01. The number of nitrogens with zero attached hydrogens (tertiary/aromatic N) is 3. The highest BCUT2D eigenvalue weighted by Gasteiger charge is 2.29. The van der Waals surface area contributed by atoms with Crippen molar-refractivity contribution in [2.45, 2.75) is 11.4 Å². The number of hydrogen-bond acceptors (Lipinski definition) is 6. The van der Waals surface area contributed by atoms with E-state index in [1.165, 1.54) is 16.4 Å². The highest BCUT2D eigenvalue weighted by molar-refractivity contribution is 8.13. The van der Waals surface area contributed by atoms with Crippen LogP contribution in [0, 0.1) is 10.1 Å². The molecule has 10 heteroatoms. The van der Waals surface area contributed by atoms with Crippen LogP contribution in [0.25, 0.3) is 0 Å². The van der Waals surface area contributed by atoms with Crippen molar-refractivity contribution >= 4 is 37.3 Å². The highest BCUT2D eigenvalue weighted by Crippen LogP contribution is 2.24. The van der Waals surface area contributed by atoms with E-state index < -0.39 is 24.7 Å². The van der Waals surface area contributed by atoms with E-state index in [-0.39, 0.29) is 0 Å². The van der Waals surface area contributed by atoms with Crippen LogP contribution in [-0.4, -0.2) is 35.1 Å². The molecule has 0 bridgehead atoms. The number of thioether (sulfide) groups is 1. The Morgan fingerprint density at radius 2 is 2.31 bits per heavy atom. The summed E-state index contributed by atoms with van der Waals surface area (Å²) < 4.78 is 23.3. The van der Waals surface area contributed by atoms with Crippen molar-refractivity contribution in [3.63, 3.8) is 0 Å². The molecule has 1 aromatic heterocycles. The van der Waals surface area contributed by atoms with Crippen molar-refractivity contribution in [1.82, 2.24) is 9.78 Å². The average Bonchev–Trinajstić information content (AvgIpc) is 2.58. The van der Waals surface area contributed by atoms with Crippen LogP contribution >= 0.6 is 22.4 Å². The van der Waals surface area contributed by atoms with Crippen LogP contribution in [0.15, 0.2) is 11.1 Å². The molecular formula is C6H8ClN3O4S2. The molecule has 16 heavy (non-hydrogen) atoms. The Kier molecular flexibility index (Phi) is 4.16. The molecule has 0 aromatic carbocycles. The Balaban J connectivity index is 3.16. The minimum Gasteiger partial charge on any atom is -0.358 e. The van der Waals surface area contributed by atoms with E-state index in [1.807, 2.05) is 6.26 Å². The predicted molar refractivity (Wildman–Crippen MR) is 60.3 cm³/mol. The van der Waals surface area contributed by atoms with Gasteiger partial charge >= 0.3 is 5.82 Å². The summed E-state index contributed by atoms with van der Waals surface area (Å²) in [6.07, 6.45) is 2.92. The van der Waals surface area contributed by atoms with Crippen LogP contribution in [0.3, 0.4) is 0 Å². The van der Waals surface area contributed by atoms with Gasteiger partial charge in [-0.3, -0.25) is 0 Å². The Bertz CT molecular complexity index is 498. The van der Waals surface area contributed by atoms with E-state index in [1.54, 1.807) is 0 Å². The molecule has 0 aliphatic rings. The molecule has 0 saturated heterocycles. The summed E-state index contributed by atoms with van der Waals surface area (Å²) in [5.74, 6) is -0.0724. The number of aromatic nitrogens is 2. The average molecular weight is 286 g/mol. The van der Waals surface area contributed by atoms with Gasteiger partial charge in [-0.2, -0.15) is 16.4 Å². The lowest BCUT2D eigenvalue weighted by molar-refractivity contribution is -0.392. The smallest absolute Gasteiger partial charge is 0.358 e. The summed E-state index contributed by atoms with van der Waals surface area (Å²) in [6, 6.07) is 0. The minimum absolute atomic E-state index is 0.383. The van der Waals surface area contributed by atoms with Crippen molar-refractivity contribution < 1.29 is 13.3 Å². The molecule has 7 nitrogen and oxygen atoms in total. The van der Waals surface area contributed by atoms with E-state index in [0.29, 0.717) is 12.3 Å². The van der Waals surface area contributed by atoms with Crippen molar-refractivity contribution in [1.29, 1.82) is 0 Å². The number of halogens is 1. The maximum atomic E-state index is 11.0. The Morgan fingerprint density at radius 3 is 2.69 bits per heavy atom. The first kappa shape index (κ1) is 13.3. The molecule has 0 fully saturated rings. The zero-order valence-corrected chi connectivity index (χ0v) is 10.5. The molecule has 0 atom stereocenters. The van der Waals surface area contributed by atoms with Gasteiger partial charge in [-0.25, -0.2) is 8.42 Å². The first-order chi connectivity index (χ1) is 7.36. The zero-order chi connectivity index (χ0) is 12.3. The summed E-state index contributed by atoms with van der Waals surface area (Å²) in [5, 5.41) is 14.1. The van der Waals surface area contributed by atoms with Crippen LogP contribution in [0.5, 0.6) is 0 Å². The second kappa shape index (κ2) is 5.02. The molecule has 0 spiro atoms. The molecule has 1 aromatic rings. The van der Waals surface area contributed by atoms with Crippen LogP contribution in [-0.2, 0) is 15.6 Å². The topological polar surface area (TPSA) is 95.1 Å². The first-order valence-electron chi connectivity index (χ1n) is 4.01. The standard InChI is InChI=1S/C6H8ClN3O4S2/c1-15-3-2-9-4-5(16(7,13)14)6(8-9)10(11)12/h4H,2-3H2,1H3. The van der Waals surface area contributed by atoms with Gasteiger partial charge < -0.3 is 10.1 Å². The molecule has 0 saturated carbocycles. The molecule has 0 unspecified atom stereocenters. The van der Waals surface area contributed by atoms with Gasteiger partial charge in [0.1, 0.15) is 0 Å². The monoisotopic (exact) mass is 285 g/mol. The quantitative estimate of drug-likeness (QED) is 0.456. The second-order valence-corrected chi connectivity index (χ2v) is 6.29. The van der Waals surface area contributed by atoms with Gasteiger partial charge in [-0.05, 0) is 11.2 Å². The normalized spacial score (nSPS) is 11.6. The molecule has 0 N–H and O–H groups in total. The maximum Gasteiger partial charge on any atom is 0.410 e. The Hall–Kier alpha value is -0.800. The molecule has 1 heterocycles. The van der Waals surface area contributed by atoms with Gasteiger partial charge in [0.25, 0.3) is 9.05 Å². The predicted octanol–water partition coefficient (Wildman–Crippen LogP) is 1.08. The summed E-state index contributed by atoms with van der Waals surface area (Å²) in [6.45, 7) is 0.383. The van der Waals surface area contributed by atoms with Gasteiger partial charge in [0, 0.05) is 16.4 Å². The van der Waals surface area contributed by atoms with E-state index in [4.69, 9.17) is 10.7 Å². The van der Waals surface area contributed by atoms with Crippen LogP contribution in [0.2, 0.25) is 0 Å². The summed E-state index contributed by atoms with van der Waals surface area (Å²) in [7, 11) is 0.922. The second-order valence-electron chi connectivity index (χ2n) is 2.77. The summed E-state index contributed by atoms with van der Waals surface area (Å²) in [5.41, 5.74) is 0. The maximum absolute atomic E-state index is 11.0. The lowest BCUT2D eigenvalue weighted by atomic mass is 10.6. The molecule has 0 aliphatic heterocycles. The molecular weight excluding hydrogens is 278 g/mol. The van der Waals surface area contributed by atoms with E-state index in [0.717, 1.165) is 6.20 Å². The summed E-state index contributed by atoms with van der Waals surface area (Å²) in [4.78, 5) is 9.12. The van der Waals surface area contributed by atoms with Gasteiger partial charge in [0.2, 0.25) is 4.90 Å². The fourth-order valence-corrected chi connectivity index (χ4v) is 2.27. The fraction of sp³-hybridized carbons (Fsp3) is 0.500. The lowest BCUT2D eigenvalue weighted by Gasteiger charge is -1.91. The first-order valence-corrected chi connectivity index (χ1v) is 7.72. The SMILES string of the molecule is CSCCn1cc(S(=O)(=O)Cl)c([N+](=O)[O-])n1. The van der Waals surface area contributed by atoms with Crippen LogP contribution in [0.4, 0.5) is 5.82 Å². The van der Waals surface area contributed by atoms with Crippen molar-refractivity contribution in [3.05, 3.63) is 16.3 Å². The van der Waals surface area contributed by atoms with E-state index in [9.17, 15) is 18.5 Å². The molecule has 0 amide bonds. The van der Waals surface area contributed by atoms with Crippen molar-refractivity contribution in [2.24, 2.45) is 0 Å². The zero-order valence-electron chi connectivity index (χ0n) is 8.16. The third-order valence-corrected chi connectivity index (χ3v) is 3.57. The van der Waals surface area contributed by atoms with Crippen LogP contribution in [0.1, 0.15) is 0 Å².